The first-order chi connectivity index (χ1) is 14.5. The summed E-state index contributed by atoms with van der Waals surface area (Å²) in [4.78, 5) is 11.7. The normalized spacial score (nSPS) is 17.0. The summed E-state index contributed by atoms with van der Waals surface area (Å²) in [6.45, 7) is 0.219. The van der Waals surface area contributed by atoms with Crippen LogP contribution in [0.5, 0.6) is 0 Å². The van der Waals surface area contributed by atoms with Crippen LogP contribution >= 0.6 is 0 Å². The van der Waals surface area contributed by atoms with Crippen LogP contribution in [0.2, 0.25) is 0 Å². The van der Waals surface area contributed by atoms with Gasteiger partial charge < -0.3 is 4.74 Å². The monoisotopic (exact) mass is 444 g/mol. The van der Waals surface area contributed by atoms with E-state index in [-0.39, 0.29) is 42.5 Å². The molecule has 0 N–H and O–H groups in total. The van der Waals surface area contributed by atoms with Gasteiger partial charge in [0.25, 0.3) is 0 Å². The SMILES string of the molecule is O=C1CCC(COCCc2cc(C(F)(F)F)cc(C(F)(F)F)c2)(c2ccccc2)CC1. The average molecular weight is 444 g/mol. The molecule has 3 rings (SSSR count). The largest absolute Gasteiger partial charge is 0.416 e. The maximum Gasteiger partial charge on any atom is 0.416 e. The Labute approximate surface area is 176 Å². The van der Waals surface area contributed by atoms with Crippen molar-refractivity contribution in [3.05, 3.63) is 70.8 Å². The molecule has 31 heavy (non-hydrogen) atoms. The van der Waals surface area contributed by atoms with Crippen molar-refractivity contribution in [2.45, 2.75) is 49.9 Å². The van der Waals surface area contributed by atoms with E-state index < -0.39 is 23.5 Å². The van der Waals surface area contributed by atoms with Gasteiger partial charge in [-0.1, -0.05) is 30.3 Å². The van der Waals surface area contributed by atoms with Crippen molar-refractivity contribution in [1.29, 1.82) is 0 Å². The summed E-state index contributed by atoms with van der Waals surface area (Å²) >= 11 is 0. The van der Waals surface area contributed by atoms with E-state index in [1.807, 2.05) is 30.3 Å². The molecule has 2 nitrogen and oxygen atoms in total. The predicted octanol–water partition coefficient (Wildman–Crippen LogP) is 6.36. The third-order valence-electron chi connectivity index (χ3n) is 5.71. The lowest BCUT2D eigenvalue weighted by Gasteiger charge is -2.37. The summed E-state index contributed by atoms with van der Waals surface area (Å²) < 4.78 is 83.8. The van der Waals surface area contributed by atoms with Gasteiger partial charge in [0.2, 0.25) is 0 Å². The summed E-state index contributed by atoms with van der Waals surface area (Å²) in [5.74, 6) is 0.176. The van der Waals surface area contributed by atoms with Gasteiger partial charge in [0.05, 0.1) is 24.3 Å². The Morgan fingerprint density at radius 1 is 0.839 bits per heavy atom. The first-order valence-corrected chi connectivity index (χ1v) is 9.93. The quantitative estimate of drug-likeness (QED) is 0.383. The lowest BCUT2D eigenvalue weighted by atomic mass is 9.69. The molecule has 0 amide bonds. The summed E-state index contributed by atoms with van der Waals surface area (Å²) in [6, 6.07) is 11.1. The molecule has 2 aromatic carbocycles. The second kappa shape index (κ2) is 9.02. The lowest BCUT2D eigenvalue weighted by molar-refractivity contribution is -0.143. The van der Waals surface area contributed by atoms with Gasteiger partial charge in [-0.2, -0.15) is 26.3 Å². The Balaban J connectivity index is 1.71. The molecule has 0 aromatic heterocycles. The number of hydrogen-bond donors (Lipinski definition) is 0. The molecule has 1 fully saturated rings. The standard InChI is InChI=1S/C23H22F6O2/c24-22(25,26)18-12-16(13-19(14-18)23(27,28)29)8-11-31-15-21(9-6-20(30)7-10-21)17-4-2-1-3-5-17/h1-5,12-14H,6-11,15H2. The van der Waals surface area contributed by atoms with Crippen LogP contribution in [0, 0.1) is 0 Å². The van der Waals surface area contributed by atoms with E-state index in [1.54, 1.807) is 0 Å². The second-order valence-electron chi connectivity index (χ2n) is 7.90. The number of benzene rings is 2. The van der Waals surface area contributed by atoms with Crippen molar-refractivity contribution >= 4 is 5.78 Å². The van der Waals surface area contributed by atoms with Crippen LogP contribution in [0.4, 0.5) is 26.3 Å². The van der Waals surface area contributed by atoms with Crippen LogP contribution in [0.15, 0.2) is 48.5 Å². The Bertz CT molecular complexity index is 860. The van der Waals surface area contributed by atoms with Gasteiger partial charge in [-0.25, -0.2) is 0 Å². The molecule has 8 heteroatoms. The van der Waals surface area contributed by atoms with Gasteiger partial charge in [-0.3, -0.25) is 4.79 Å². The first-order valence-electron chi connectivity index (χ1n) is 9.93. The minimum atomic E-state index is -4.87. The van der Waals surface area contributed by atoms with E-state index in [2.05, 4.69) is 0 Å². The van der Waals surface area contributed by atoms with Gasteiger partial charge in [0.15, 0.2) is 0 Å². The van der Waals surface area contributed by atoms with Gasteiger partial charge in [-0.05, 0) is 48.6 Å². The van der Waals surface area contributed by atoms with Crippen LogP contribution in [0.1, 0.15) is 47.9 Å². The molecule has 1 saturated carbocycles. The number of hydrogen-bond acceptors (Lipinski definition) is 2. The fraction of sp³-hybridized carbons (Fsp3) is 0.435. The highest BCUT2D eigenvalue weighted by Gasteiger charge is 2.38. The Hall–Kier alpha value is -2.35. The van der Waals surface area contributed by atoms with Crippen molar-refractivity contribution in [2.75, 3.05) is 13.2 Å². The van der Waals surface area contributed by atoms with Crippen LogP contribution in [0.3, 0.4) is 0 Å². The zero-order valence-corrected chi connectivity index (χ0v) is 16.7. The maximum absolute atomic E-state index is 13.0. The number of ketones is 1. The van der Waals surface area contributed by atoms with E-state index in [9.17, 15) is 31.1 Å². The van der Waals surface area contributed by atoms with Crippen molar-refractivity contribution in [2.24, 2.45) is 0 Å². The highest BCUT2D eigenvalue weighted by atomic mass is 19.4. The van der Waals surface area contributed by atoms with Gasteiger partial charge in [0, 0.05) is 18.3 Å². The van der Waals surface area contributed by atoms with E-state index in [1.165, 1.54) is 0 Å². The molecule has 0 atom stereocenters. The van der Waals surface area contributed by atoms with E-state index in [4.69, 9.17) is 4.74 Å². The van der Waals surface area contributed by atoms with E-state index in [0.717, 1.165) is 17.7 Å². The van der Waals surface area contributed by atoms with Crippen molar-refractivity contribution < 1.29 is 35.9 Å². The highest BCUT2D eigenvalue weighted by molar-refractivity contribution is 5.79. The number of rotatable bonds is 6. The average Bonchev–Trinajstić information content (AvgIpc) is 2.72. The number of carbonyl (C=O) groups is 1. The molecule has 168 valence electrons. The van der Waals surface area contributed by atoms with E-state index >= 15 is 0 Å². The molecule has 2 aromatic rings. The maximum atomic E-state index is 13.0. The van der Waals surface area contributed by atoms with Gasteiger partial charge in [-0.15, -0.1) is 0 Å². The summed E-state index contributed by atoms with van der Waals surface area (Å²) in [7, 11) is 0. The van der Waals surface area contributed by atoms with Gasteiger partial charge >= 0.3 is 12.4 Å². The number of alkyl halides is 6. The van der Waals surface area contributed by atoms with Gasteiger partial charge in [0.1, 0.15) is 5.78 Å². The summed E-state index contributed by atoms with van der Waals surface area (Å²) in [5, 5.41) is 0. The minimum absolute atomic E-state index is 0.0266. The molecule has 0 radical (unpaired) electrons. The van der Waals surface area contributed by atoms with Crippen LogP contribution in [0.25, 0.3) is 0 Å². The van der Waals surface area contributed by atoms with Crippen LogP contribution in [-0.4, -0.2) is 19.0 Å². The van der Waals surface area contributed by atoms with Crippen LogP contribution in [-0.2, 0) is 33.7 Å². The van der Waals surface area contributed by atoms with Crippen LogP contribution < -0.4 is 0 Å². The molecule has 0 heterocycles. The summed E-state index contributed by atoms with van der Waals surface area (Å²) in [6.07, 6.45) is -7.81. The van der Waals surface area contributed by atoms with Crippen molar-refractivity contribution in [3.63, 3.8) is 0 Å². The molecule has 0 spiro atoms. The zero-order chi connectivity index (χ0) is 22.7. The Morgan fingerprint density at radius 2 is 1.39 bits per heavy atom. The molecule has 1 aliphatic carbocycles. The molecule has 0 saturated heterocycles. The van der Waals surface area contributed by atoms with Crippen molar-refractivity contribution in [1.82, 2.24) is 0 Å². The topological polar surface area (TPSA) is 26.3 Å². The lowest BCUT2D eigenvalue weighted by Crippen LogP contribution is -2.36. The molecular formula is C23H22F6O2. The van der Waals surface area contributed by atoms with E-state index in [0.29, 0.717) is 25.7 Å². The molecule has 0 bridgehead atoms. The Morgan fingerprint density at radius 3 is 1.90 bits per heavy atom. The van der Waals surface area contributed by atoms with Crippen molar-refractivity contribution in [3.8, 4) is 0 Å². The number of Topliss-reactive ketones (excluding diaryl/α,β-unsaturated/α-hetero) is 1. The number of carbonyl (C=O) groups excluding carboxylic acids is 1. The fourth-order valence-electron chi connectivity index (χ4n) is 3.94. The third-order valence-corrected chi connectivity index (χ3v) is 5.71. The first kappa shape index (κ1) is 23.3. The molecule has 0 unspecified atom stereocenters. The number of ether oxygens (including phenoxy) is 1. The minimum Gasteiger partial charge on any atom is -0.380 e. The number of halogens is 6. The molecule has 0 aliphatic heterocycles. The Kier molecular flexibility index (Phi) is 6.79. The predicted molar refractivity (Wildman–Crippen MR) is 103 cm³/mol. The molecular weight excluding hydrogens is 422 g/mol. The zero-order valence-electron chi connectivity index (χ0n) is 16.7. The summed E-state index contributed by atoms with van der Waals surface area (Å²) in [5.41, 5.74) is -2.12. The smallest absolute Gasteiger partial charge is 0.380 e. The third kappa shape index (κ3) is 5.87. The highest BCUT2D eigenvalue weighted by Crippen LogP contribution is 2.39. The fourth-order valence-corrected chi connectivity index (χ4v) is 3.94. The second-order valence-corrected chi connectivity index (χ2v) is 7.90. The molecule has 1 aliphatic rings.